The highest BCUT2D eigenvalue weighted by Gasteiger charge is 2.14. The lowest BCUT2D eigenvalue weighted by Crippen LogP contribution is -2.09. The molecule has 0 saturated heterocycles. The smallest absolute Gasteiger partial charge is 0.0295 e. The molecule has 0 N–H and O–H groups in total. The Bertz CT molecular complexity index is 169. The Hall–Kier alpha value is -0.260. The SMILES string of the molecule is C=C(CC)CC(CC)CC(CC)CCCC. The number of hydrogen-bond donors (Lipinski definition) is 0. The number of rotatable bonds is 10. The van der Waals surface area contributed by atoms with Gasteiger partial charge in [-0.05, 0) is 31.1 Å². The van der Waals surface area contributed by atoms with Crippen LogP contribution in [-0.4, -0.2) is 0 Å². The highest BCUT2D eigenvalue weighted by molar-refractivity contribution is 4.94. The molecule has 0 aliphatic carbocycles. The fraction of sp³-hybridized carbons (Fsp3) is 0.875. The average molecular weight is 224 g/mol. The second-order valence-electron chi connectivity index (χ2n) is 5.23. The van der Waals surface area contributed by atoms with E-state index in [0.717, 1.165) is 18.3 Å². The molecule has 0 bridgehead atoms. The third kappa shape index (κ3) is 7.09. The lowest BCUT2D eigenvalue weighted by atomic mass is 9.84. The zero-order valence-corrected chi connectivity index (χ0v) is 12.0. The standard InChI is InChI=1S/C16H32/c1-6-10-11-15(8-3)13-16(9-4)12-14(5)7-2/h15-16H,5-13H2,1-4H3. The van der Waals surface area contributed by atoms with Gasteiger partial charge >= 0.3 is 0 Å². The molecule has 0 amide bonds. The summed E-state index contributed by atoms with van der Waals surface area (Å²) in [5, 5.41) is 0. The van der Waals surface area contributed by atoms with E-state index in [4.69, 9.17) is 0 Å². The summed E-state index contributed by atoms with van der Waals surface area (Å²) < 4.78 is 0. The summed E-state index contributed by atoms with van der Waals surface area (Å²) in [6, 6.07) is 0. The van der Waals surface area contributed by atoms with Gasteiger partial charge in [-0.15, -0.1) is 0 Å². The molecule has 0 aromatic carbocycles. The van der Waals surface area contributed by atoms with Crippen molar-refractivity contribution in [2.45, 2.75) is 79.1 Å². The molecule has 2 unspecified atom stereocenters. The Kier molecular flexibility index (Phi) is 9.77. The van der Waals surface area contributed by atoms with Gasteiger partial charge in [0.15, 0.2) is 0 Å². The van der Waals surface area contributed by atoms with Crippen LogP contribution in [0.25, 0.3) is 0 Å². The van der Waals surface area contributed by atoms with Gasteiger partial charge in [0, 0.05) is 0 Å². The quantitative estimate of drug-likeness (QED) is 0.401. The first-order valence-corrected chi connectivity index (χ1v) is 7.34. The molecular formula is C16H32. The molecule has 0 heterocycles. The molecule has 0 spiro atoms. The third-order valence-electron chi connectivity index (χ3n) is 3.86. The second kappa shape index (κ2) is 9.93. The summed E-state index contributed by atoms with van der Waals surface area (Å²) in [5.41, 5.74) is 1.44. The number of hydrogen-bond acceptors (Lipinski definition) is 0. The summed E-state index contributed by atoms with van der Waals surface area (Å²) in [7, 11) is 0. The minimum Gasteiger partial charge on any atom is -0.0999 e. The van der Waals surface area contributed by atoms with Crippen molar-refractivity contribution in [1.29, 1.82) is 0 Å². The maximum Gasteiger partial charge on any atom is -0.0295 e. The van der Waals surface area contributed by atoms with Crippen LogP contribution in [0.3, 0.4) is 0 Å². The first-order valence-electron chi connectivity index (χ1n) is 7.34. The van der Waals surface area contributed by atoms with Gasteiger partial charge < -0.3 is 0 Å². The van der Waals surface area contributed by atoms with Crippen LogP contribution < -0.4 is 0 Å². The van der Waals surface area contributed by atoms with E-state index < -0.39 is 0 Å². The van der Waals surface area contributed by atoms with Gasteiger partial charge in [-0.3, -0.25) is 0 Å². The average Bonchev–Trinajstić information content (AvgIpc) is 2.32. The minimum atomic E-state index is 0.884. The summed E-state index contributed by atoms with van der Waals surface area (Å²) in [5.74, 6) is 1.84. The summed E-state index contributed by atoms with van der Waals surface area (Å²) >= 11 is 0. The molecule has 0 aliphatic heterocycles. The Balaban J connectivity index is 4.00. The molecule has 96 valence electrons. The van der Waals surface area contributed by atoms with Crippen LogP contribution in [0, 0.1) is 11.8 Å². The largest absolute Gasteiger partial charge is 0.0999 e. The molecule has 0 aromatic heterocycles. The molecule has 2 atom stereocenters. The van der Waals surface area contributed by atoms with Crippen molar-refractivity contribution >= 4 is 0 Å². The zero-order chi connectivity index (χ0) is 12.4. The van der Waals surface area contributed by atoms with Crippen molar-refractivity contribution in [1.82, 2.24) is 0 Å². The van der Waals surface area contributed by atoms with Gasteiger partial charge in [0.05, 0.1) is 0 Å². The van der Waals surface area contributed by atoms with Crippen LogP contribution in [0.2, 0.25) is 0 Å². The Morgan fingerprint density at radius 2 is 1.62 bits per heavy atom. The highest BCUT2D eigenvalue weighted by atomic mass is 14.2. The molecule has 0 nitrogen and oxygen atoms in total. The number of allylic oxidation sites excluding steroid dienone is 1. The fourth-order valence-electron chi connectivity index (χ4n) is 2.40. The van der Waals surface area contributed by atoms with Crippen molar-refractivity contribution in [3.05, 3.63) is 12.2 Å². The van der Waals surface area contributed by atoms with E-state index in [1.165, 1.54) is 50.5 Å². The summed E-state index contributed by atoms with van der Waals surface area (Å²) in [4.78, 5) is 0. The molecule has 0 aromatic rings. The van der Waals surface area contributed by atoms with E-state index >= 15 is 0 Å². The van der Waals surface area contributed by atoms with Crippen molar-refractivity contribution in [3.8, 4) is 0 Å². The van der Waals surface area contributed by atoms with Crippen molar-refractivity contribution < 1.29 is 0 Å². The summed E-state index contributed by atoms with van der Waals surface area (Å²) in [6.45, 7) is 13.4. The summed E-state index contributed by atoms with van der Waals surface area (Å²) in [6.07, 6.45) is 10.7. The monoisotopic (exact) mass is 224 g/mol. The Labute approximate surface area is 104 Å². The zero-order valence-electron chi connectivity index (χ0n) is 12.0. The van der Waals surface area contributed by atoms with Crippen molar-refractivity contribution in [2.24, 2.45) is 11.8 Å². The maximum absolute atomic E-state index is 4.16. The first kappa shape index (κ1) is 15.7. The van der Waals surface area contributed by atoms with Gasteiger partial charge in [-0.25, -0.2) is 0 Å². The molecule has 0 heteroatoms. The predicted molar refractivity (Wildman–Crippen MR) is 75.8 cm³/mol. The van der Waals surface area contributed by atoms with Gasteiger partial charge in [-0.2, -0.15) is 0 Å². The van der Waals surface area contributed by atoms with E-state index in [1.807, 2.05) is 0 Å². The van der Waals surface area contributed by atoms with E-state index in [9.17, 15) is 0 Å². The van der Waals surface area contributed by atoms with E-state index in [1.54, 1.807) is 0 Å². The van der Waals surface area contributed by atoms with Crippen LogP contribution in [0.4, 0.5) is 0 Å². The van der Waals surface area contributed by atoms with Crippen LogP contribution in [0.5, 0.6) is 0 Å². The van der Waals surface area contributed by atoms with Crippen LogP contribution >= 0.6 is 0 Å². The maximum atomic E-state index is 4.16. The first-order chi connectivity index (χ1) is 7.67. The van der Waals surface area contributed by atoms with Crippen LogP contribution in [-0.2, 0) is 0 Å². The van der Waals surface area contributed by atoms with Gasteiger partial charge in [0.25, 0.3) is 0 Å². The van der Waals surface area contributed by atoms with Gasteiger partial charge in [-0.1, -0.05) is 72.0 Å². The Morgan fingerprint density at radius 1 is 1.00 bits per heavy atom. The second-order valence-corrected chi connectivity index (χ2v) is 5.23. The van der Waals surface area contributed by atoms with Crippen LogP contribution in [0.1, 0.15) is 79.1 Å². The van der Waals surface area contributed by atoms with Gasteiger partial charge in [0.2, 0.25) is 0 Å². The highest BCUT2D eigenvalue weighted by Crippen LogP contribution is 2.28. The predicted octanol–water partition coefficient (Wildman–Crippen LogP) is 5.98. The lowest BCUT2D eigenvalue weighted by Gasteiger charge is -2.22. The molecular weight excluding hydrogens is 192 g/mol. The number of unbranched alkanes of at least 4 members (excludes halogenated alkanes) is 1. The fourth-order valence-corrected chi connectivity index (χ4v) is 2.40. The third-order valence-corrected chi connectivity index (χ3v) is 3.86. The van der Waals surface area contributed by atoms with E-state index in [0.29, 0.717) is 0 Å². The van der Waals surface area contributed by atoms with Gasteiger partial charge in [0.1, 0.15) is 0 Å². The molecule has 0 radical (unpaired) electrons. The molecule has 16 heavy (non-hydrogen) atoms. The van der Waals surface area contributed by atoms with Crippen molar-refractivity contribution in [3.63, 3.8) is 0 Å². The molecule has 0 saturated carbocycles. The molecule has 0 aliphatic rings. The molecule has 0 rings (SSSR count). The normalized spacial score (nSPS) is 14.8. The van der Waals surface area contributed by atoms with Crippen LogP contribution in [0.15, 0.2) is 12.2 Å². The topological polar surface area (TPSA) is 0 Å². The lowest BCUT2D eigenvalue weighted by molar-refractivity contribution is 0.327. The Morgan fingerprint density at radius 3 is 2.06 bits per heavy atom. The minimum absolute atomic E-state index is 0.884. The van der Waals surface area contributed by atoms with Crippen molar-refractivity contribution in [2.75, 3.05) is 0 Å². The van der Waals surface area contributed by atoms with E-state index in [-0.39, 0.29) is 0 Å². The molecule has 0 fully saturated rings. The van der Waals surface area contributed by atoms with E-state index in [2.05, 4.69) is 34.3 Å².